The van der Waals surface area contributed by atoms with Gasteiger partial charge in [-0.15, -0.1) is 0 Å². The number of amides is 2. The van der Waals surface area contributed by atoms with Crippen LogP contribution < -0.4 is 5.32 Å². The number of fused-ring (bicyclic) bond motifs is 1. The van der Waals surface area contributed by atoms with Gasteiger partial charge in [-0.3, -0.25) is 4.79 Å². The summed E-state index contributed by atoms with van der Waals surface area (Å²) in [6.07, 6.45) is -0.899. The maximum atomic E-state index is 13.1. The van der Waals surface area contributed by atoms with Gasteiger partial charge in [0, 0.05) is 0 Å². The summed E-state index contributed by atoms with van der Waals surface area (Å²) in [4.78, 5) is 38.5. The lowest BCUT2D eigenvalue weighted by molar-refractivity contribution is -0.164. The molecule has 3 atom stereocenters. The fourth-order valence-corrected chi connectivity index (χ4v) is 5.87. The van der Waals surface area contributed by atoms with Crippen LogP contribution in [-0.4, -0.2) is 59.1 Å². The van der Waals surface area contributed by atoms with Gasteiger partial charge in [-0.2, -0.15) is 0 Å². The molecule has 10 heteroatoms. The lowest BCUT2D eigenvalue weighted by atomic mass is 9.96. The third-order valence-corrected chi connectivity index (χ3v) is 8.01. The topological polar surface area (TPSA) is 119 Å². The minimum absolute atomic E-state index is 0.0431. The second-order valence-electron chi connectivity index (χ2n) is 8.90. The van der Waals surface area contributed by atoms with Crippen LogP contribution in [0.1, 0.15) is 40.2 Å². The zero-order valence-corrected chi connectivity index (χ0v) is 18.4. The molecule has 2 aliphatic rings. The standard InChI is InChI=1S/C20H26N2O7S/c1-19(2,3)29-18(25)21-13-15(23)22-14(20(4,5)30(26,27)16(13)22)17(24)28-11-12-9-7-6-8-10-12/h6-10,13-14,16H,11H2,1-5H3,(H,21,25)/t13-,14+,16-/m1/s1. The molecule has 2 saturated heterocycles. The van der Waals surface area contributed by atoms with Crippen LogP contribution in [0.5, 0.6) is 0 Å². The number of sulfone groups is 1. The zero-order valence-electron chi connectivity index (χ0n) is 17.5. The highest BCUT2D eigenvalue weighted by Gasteiger charge is 2.72. The van der Waals surface area contributed by atoms with Gasteiger partial charge in [-0.1, -0.05) is 30.3 Å². The van der Waals surface area contributed by atoms with Crippen LogP contribution in [0.15, 0.2) is 30.3 Å². The second kappa shape index (κ2) is 7.26. The van der Waals surface area contributed by atoms with E-state index < -0.39 is 55.6 Å². The van der Waals surface area contributed by atoms with Crippen LogP contribution in [0.25, 0.3) is 0 Å². The summed E-state index contributed by atoms with van der Waals surface area (Å²) in [5, 5.41) is 0.976. The molecule has 0 spiro atoms. The van der Waals surface area contributed by atoms with Gasteiger partial charge >= 0.3 is 12.1 Å². The van der Waals surface area contributed by atoms with Crippen LogP contribution in [0.4, 0.5) is 4.79 Å². The molecule has 0 bridgehead atoms. The number of hydrogen-bond donors (Lipinski definition) is 1. The molecule has 0 radical (unpaired) electrons. The minimum Gasteiger partial charge on any atom is -0.459 e. The van der Waals surface area contributed by atoms with Gasteiger partial charge in [0.15, 0.2) is 15.2 Å². The van der Waals surface area contributed by atoms with Crippen molar-refractivity contribution < 1.29 is 32.3 Å². The molecule has 2 aliphatic heterocycles. The van der Waals surface area contributed by atoms with E-state index >= 15 is 0 Å². The van der Waals surface area contributed by atoms with Crippen molar-refractivity contribution in [3.8, 4) is 0 Å². The van der Waals surface area contributed by atoms with Gasteiger partial charge in [0.05, 0.1) is 0 Å². The van der Waals surface area contributed by atoms with Crippen LogP contribution in [-0.2, 0) is 35.5 Å². The molecule has 2 fully saturated rings. The van der Waals surface area contributed by atoms with Gasteiger partial charge in [0.2, 0.25) is 5.91 Å². The van der Waals surface area contributed by atoms with Crippen LogP contribution in [0, 0.1) is 0 Å². The summed E-state index contributed by atoms with van der Waals surface area (Å²) >= 11 is 0. The van der Waals surface area contributed by atoms with E-state index in [9.17, 15) is 22.8 Å². The normalized spacial score (nSPS) is 26.4. The molecular weight excluding hydrogens is 412 g/mol. The first kappa shape index (κ1) is 22.1. The third kappa shape index (κ3) is 3.64. The Labute approximate surface area is 175 Å². The Kier molecular flexibility index (Phi) is 5.34. The molecule has 30 heavy (non-hydrogen) atoms. The first-order valence-electron chi connectivity index (χ1n) is 9.53. The molecule has 1 N–H and O–H groups in total. The Balaban J connectivity index is 1.79. The molecular formula is C20H26N2O7S. The van der Waals surface area contributed by atoms with Crippen LogP contribution in [0.2, 0.25) is 0 Å². The second-order valence-corrected chi connectivity index (χ2v) is 11.5. The SMILES string of the molecule is CC(C)(C)OC(=O)N[C@@H]1C(=O)N2[C@@H](C(=O)OCc3ccccc3)C(C)(C)S(=O)(=O)[C@H]12. The summed E-state index contributed by atoms with van der Waals surface area (Å²) in [7, 11) is -3.98. The maximum Gasteiger partial charge on any atom is 0.408 e. The van der Waals surface area contributed by atoms with E-state index in [1.165, 1.54) is 13.8 Å². The number of rotatable bonds is 4. The monoisotopic (exact) mass is 438 g/mol. The van der Waals surface area contributed by atoms with Gasteiger partial charge < -0.3 is 19.7 Å². The number of hydrogen-bond acceptors (Lipinski definition) is 7. The minimum atomic E-state index is -3.98. The highest BCUT2D eigenvalue weighted by Crippen LogP contribution is 2.46. The Hall–Kier alpha value is -2.62. The molecule has 0 aliphatic carbocycles. The number of esters is 1. The highest BCUT2D eigenvalue weighted by molar-refractivity contribution is 7.94. The van der Waals surface area contributed by atoms with Crippen molar-refractivity contribution in [3.63, 3.8) is 0 Å². The molecule has 9 nitrogen and oxygen atoms in total. The van der Waals surface area contributed by atoms with Crippen molar-refractivity contribution in [2.75, 3.05) is 0 Å². The van der Waals surface area contributed by atoms with Gasteiger partial charge in [0.1, 0.15) is 29.0 Å². The summed E-state index contributed by atoms with van der Waals surface area (Å²) < 4.78 is 35.0. The Bertz CT molecular complexity index is 967. The van der Waals surface area contributed by atoms with Crippen molar-refractivity contribution >= 4 is 27.8 Å². The van der Waals surface area contributed by atoms with E-state index in [0.29, 0.717) is 0 Å². The fraction of sp³-hybridized carbons (Fsp3) is 0.550. The van der Waals surface area contributed by atoms with E-state index in [4.69, 9.17) is 9.47 Å². The molecule has 3 rings (SSSR count). The summed E-state index contributed by atoms with van der Waals surface area (Å²) in [6.45, 7) is 7.67. The quantitative estimate of drug-likeness (QED) is 0.557. The van der Waals surface area contributed by atoms with E-state index in [1.807, 2.05) is 6.07 Å². The smallest absolute Gasteiger partial charge is 0.408 e. The van der Waals surface area contributed by atoms with Crippen molar-refractivity contribution in [3.05, 3.63) is 35.9 Å². The number of nitrogens with one attached hydrogen (secondary N) is 1. The van der Waals surface area contributed by atoms with Gasteiger partial charge in [0.25, 0.3) is 0 Å². The first-order valence-corrected chi connectivity index (χ1v) is 11.1. The summed E-state index contributed by atoms with van der Waals surface area (Å²) in [5.74, 6) is -1.47. The molecule has 0 saturated carbocycles. The average molecular weight is 439 g/mol. The first-order chi connectivity index (χ1) is 13.8. The molecule has 2 amide bonds. The third-order valence-electron chi connectivity index (χ3n) is 5.19. The highest BCUT2D eigenvalue weighted by atomic mass is 32.2. The summed E-state index contributed by atoms with van der Waals surface area (Å²) in [5.41, 5.74) is -0.0748. The zero-order chi connectivity index (χ0) is 22.5. The van der Waals surface area contributed by atoms with Crippen molar-refractivity contribution in [2.45, 2.75) is 69.0 Å². The van der Waals surface area contributed by atoms with Crippen molar-refractivity contribution in [2.24, 2.45) is 0 Å². The Morgan fingerprint density at radius 2 is 1.77 bits per heavy atom. The predicted molar refractivity (Wildman–Crippen MR) is 107 cm³/mol. The molecule has 0 unspecified atom stereocenters. The van der Waals surface area contributed by atoms with Gasteiger partial charge in [-0.25, -0.2) is 18.0 Å². The van der Waals surface area contributed by atoms with E-state index in [0.717, 1.165) is 10.5 Å². The number of benzene rings is 1. The number of ether oxygens (including phenoxy) is 2. The number of alkyl carbamates (subject to hydrolysis) is 1. The molecule has 1 aromatic carbocycles. The van der Waals surface area contributed by atoms with Crippen molar-refractivity contribution in [1.29, 1.82) is 0 Å². The van der Waals surface area contributed by atoms with Crippen LogP contribution >= 0.6 is 0 Å². The predicted octanol–water partition coefficient (Wildman–Crippen LogP) is 1.37. The van der Waals surface area contributed by atoms with Crippen molar-refractivity contribution in [1.82, 2.24) is 10.2 Å². The Morgan fingerprint density at radius 1 is 1.17 bits per heavy atom. The molecule has 164 valence electrons. The lowest BCUT2D eigenvalue weighted by Crippen LogP contribution is -2.72. The largest absolute Gasteiger partial charge is 0.459 e. The van der Waals surface area contributed by atoms with E-state index in [-0.39, 0.29) is 6.61 Å². The van der Waals surface area contributed by atoms with E-state index in [2.05, 4.69) is 5.32 Å². The van der Waals surface area contributed by atoms with Gasteiger partial charge in [-0.05, 0) is 40.2 Å². The average Bonchev–Trinajstić information content (AvgIpc) is 2.77. The number of carbonyl (C=O) groups excluding carboxylic acids is 3. The number of β-lactam (4-membered cyclic amide) rings is 1. The summed E-state index contributed by atoms with van der Waals surface area (Å²) in [6, 6.07) is 6.31. The maximum absolute atomic E-state index is 13.1. The van der Waals surface area contributed by atoms with E-state index in [1.54, 1.807) is 45.0 Å². The molecule has 0 aromatic heterocycles. The molecule has 1 aromatic rings. The Morgan fingerprint density at radius 3 is 2.33 bits per heavy atom. The van der Waals surface area contributed by atoms with Crippen LogP contribution in [0.3, 0.4) is 0 Å². The molecule has 2 heterocycles. The number of carbonyl (C=O) groups is 3. The lowest BCUT2D eigenvalue weighted by Gasteiger charge is -2.42. The number of nitrogens with zero attached hydrogens (tertiary/aromatic N) is 1. The fourth-order valence-electron chi connectivity index (χ4n) is 3.66.